The third-order valence-electron chi connectivity index (χ3n) is 6.14. The second kappa shape index (κ2) is 11.1. The minimum Gasteiger partial charge on any atom is -0.493 e. The van der Waals surface area contributed by atoms with Crippen LogP contribution in [0.3, 0.4) is 0 Å². The van der Waals surface area contributed by atoms with Crippen molar-refractivity contribution in [3.05, 3.63) is 40.8 Å². The minimum atomic E-state index is -1.83. The van der Waals surface area contributed by atoms with E-state index < -0.39 is 59.8 Å². The summed E-state index contributed by atoms with van der Waals surface area (Å²) < 4.78 is 32.2. The van der Waals surface area contributed by atoms with Gasteiger partial charge in [0, 0.05) is 32.6 Å². The Kier molecular flexibility index (Phi) is 7.79. The van der Waals surface area contributed by atoms with Crippen molar-refractivity contribution in [3.8, 4) is 11.5 Å². The average molecular weight is 558 g/mol. The van der Waals surface area contributed by atoms with Crippen LogP contribution in [0.1, 0.15) is 27.2 Å². The molecule has 14 nitrogen and oxygen atoms in total. The first kappa shape index (κ1) is 28.1. The molecule has 1 N–H and O–H groups in total. The topological polar surface area (TPSA) is 178 Å². The number of rotatable bonds is 7. The number of fused-ring (bicyclic) bond motifs is 2. The summed E-state index contributed by atoms with van der Waals surface area (Å²) in [6, 6.07) is 4.57. The molecule has 14 heteroatoms. The van der Waals surface area contributed by atoms with Crippen molar-refractivity contribution >= 4 is 46.2 Å². The fourth-order valence-electron chi connectivity index (χ4n) is 4.61. The summed E-state index contributed by atoms with van der Waals surface area (Å²) >= 11 is 0. The molecule has 2 heterocycles. The van der Waals surface area contributed by atoms with Gasteiger partial charge in [0.25, 0.3) is 5.91 Å². The Morgan fingerprint density at radius 2 is 1.73 bits per heavy atom. The largest absolute Gasteiger partial charge is 0.493 e. The third-order valence-corrected chi connectivity index (χ3v) is 6.14. The second-order valence-corrected chi connectivity index (χ2v) is 8.90. The monoisotopic (exact) mass is 558 g/mol. The highest BCUT2D eigenvalue weighted by Crippen LogP contribution is 2.41. The smallest absolute Gasteiger partial charge is 0.360 e. The molecule has 0 fully saturated rings. The van der Waals surface area contributed by atoms with Crippen molar-refractivity contribution in [2.24, 2.45) is 5.16 Å². The molecule has 4 rings (SSSR count). The van der Waals surface area contributed by atoms with Gasteiger partial charge in [-0.2, -0.15) is 0 Å². The molecule has 1 aliphatic carbocycles. The SMILES string of the molecule is COc1ccc2cc(NC(=O)C3=NOC4[C@H](OC(C)=O)C=C[C@@H](OC(C)=O)[C@@]4(OC(C)=O)C3)c(=O)oc2c1OC. The number of ether oxygens (including phenoxy) is 5. The number of hydrogen-bond donors (Lipinski definition) is 1. The highest BCUT2D eigenvalue weighted by atomic mass is 16.7. The molecule has 0 saturated heterocycles. The summed E-state index contributed by atoms with van der Waals surface area (Å²) in [6.45, 7) is 3.44. The van der Waals surface area contributed by atoms with Crippen molar-refractivity contribution in [2.45, 2.75) is 51.1 Å². The van der Waals surface area contributed by atoms with Gasteiger partial charge in [0.15, 0.2) is 23.5 Å². The summed E-state index contributed by atoms with van der Waals surface area (Å²) in [7, 11) is 2.81. The van der Waals surface area contributed by atoms with Crippen LogP contribution in [-0.2, 0) is 38.2 Å². The first-order valence-electron chi connectivity index (χ1n) is 11.9. The van der Waals surface area contributed by atoms with Gasteiger partial charge in [0.05, 0.1) is 14.2 Å². The number of anilines is 1. The Morgan fingerprint density at radius 1 is 1.00 bits per heavy atom. The number of hydrogen-bond acceptors (Lipinski definition) is 13. The summed E-state index contributed by atoms with van der Waals surface area (Å²) in [5.41, 5.74) is -3.16. The second-order valence-electron chi connectivity index (χ2n) is 8.90. The Labute approximate surface area is 226 Å². The van der Waals surface area contributed by atoms with Crippen LogP contribution in [0, 0.1) is 0 Å². The lowest BCUT2D eigenvalue weighted by Gasteiger charge is -2.47. The predicted octanol–water partition coefficient (Wildman–Crippen LogP) is 1.63. The highest BCUT2D eigenvalue weighted by Gasteiger charge is 2.60. The van der Waals surface area contributed by atoms with Crippen molar-refractivity contribution in [1.29, 1.82) is 0 Å². The number of methoxy groups -OCH3 is 2. The number of esters is 3. The highest BCUT2D eigenvalue weighted by molar-refractivity contribution is 6.43. The Hall–Kier alpha value is -4.88. The molecule has 4 atom stereocenters. The Morgan fingerprint density at radius 3 is 2.35 bits per heavy atom. The van der Waals surface area contributed by atoms with E-state index in [0.717, 1.165) is 13.8 Å². The summed E-state index contributed by atoms with van der Waals surface area (Å²) in [4.78, 5) is 67.3. The molecule has 0 spiro atoms. The molecule has 1 aliphatic heterocycles. The fraction of sp³-hybridized carbons (Fsp3) is 0.385. The molecule has 1 unspecified atom stereocenters. The summed E-state index contributed by atoms with van der Waals surface area (Å²) in [5.74, 6) is -2.52. The molecule has 1 amide bonds. The van der Waals surface area contributed by atoms with E-state index in [9.17, 15) is 24.0 Å². The Balaban J connectivity index is 1.70. The maximum Gasteiger partial charge on any atom is 0.360 e. The van der Waals surface area contributed by atoms with Crippen LogP contribution < -0.4 is 20.4 Å². The van der Waals surface area contributed by atoms with E-state index in [2.05, 4.69) is 10.5 Å². The van der Waals surface area contributed by atoms with Gasteiger partial charge < -0.3 is 38.3 Å². The van der Waals surface area contributed by atoms with Crippen LogP contribution in [0.25, 0.3) is 11.0 Å². The molecule has 1 aromatic heterocycles. The number of carbonyl (C=O) groups is 4. The quantitative estimate of drug-likeness (QED) is 0.225. The van der Waals surface area contributed by atoms with Crippen molar-refractivity contribution in [3.63, 3.8) is 0 Å². The lowest BCUT2D eigenvalue weighted by atomic mass is 9.77. The van der Waals surface area contributed by atoms with Crippen LogP contribution >= 0.6 is 0 Å². The fourth-order valence-corrected chi connectivity index (χ4v) is 4.61. The van der Waals surface area contributed by atoms with Gasteiger partial charge in [-0.25, -0.2) is 4.79 Å². The van der Waals surface area contributed by atoms with E-state index in [1.165, 1.54) is 39.4 Å². The van der Waals surface area contributed by atoms with Crippen LogP contribution in [0.4, 0.5) is 5.69 Å². The normalized spacial score (nSPS) is 23.1. The first-order valence-corrected chi connectivity index (χ1v) is 11.9. The molecule has 0 saturated carbocycles. The molecule has 212 valence electrons. The third kappa shape index (κ3) is 5.32. The molecular weight excluding hydrogens is 532 g/mol. The van der Waals surface area contributed by atoms with Crippen molar-refractivity contribution in [2.75, 3.05) is 19.5 Å². The van der Waals surface area contributed by atoms with Gasteiger partial charge in [-0.05, 0) is 30.4 Å². The maximum atomic E-state index is 13.3. The van der Waals surface area contributed by atoms with Gasteiger partial charge >= 0.3 is 23.5 Å². The number of carbonyl (C=O) groups excluding carboxylic acids is 4. The van der Waals surface area contributed by atoms with Gasteiger partial charge in [-0.15, -0.1) is 0 Å². The summed E-state index contributed by atoms with van der Waals surface area (Å²) in [5, 5.41) is 6.70. The van der Waals surface area contributed by atoms with E-state index >= 15 is 0 Å². The molecule has 0 radical (unpaired) electrons. The molecule has 0 bridgehead atoms. The lowest BCUT2D eigenvalue weighted by Crippen LogP contribution is -2.65. The van der Waals surface area contributed by atoms with Gasteiger partial charge in [-0.1, -0.05) is 5.16 Å². The standard InChI is InChI=1S/C26H26N2O12/c1-12(29)36-19-8-9-20(37-13(2)30)26(39-14(3)31)11-17(28-40-23(19)26)24(32)27-16-10-15-6-7-18(34-4)22(35-5)21(15)38-25(16)33/h6-10,19-20,23H,11H2,1-5H3,(H,27,32)/t19-,20-,23?,26+/m1/s1. The number of benzene rings is 1. The van der Waals surface area contributed by atoms with Crippen LogP contribution in [0.15, 0.2) is 44.7 Å². The van der Waals surface area contributed by atoms with Gasteiger partial charge in [0.1, 0.15) is 11.4 Å². The minimum absolute atomic E-state index is 0.106. The zero-order valence-electron chi connectivity index (χ0n) is 22.2. The first-order chi connectivity index (χ1) is 19.0. The molecule has 1 aromatic carbocycles. The number of nitrogens with one attached hydrogen (secondary N) is 1. The zero-order chi connectivity index (χ0) is 29.2. The Bertz CT molecular complexity index is 1490. The van der Waals surface area contributed by atoms with E-state index in [1.54, 1.807) is 12.1 Å². The van der Waals surface area contributed by atoms with E-state index in [4.69, 9.17) is 32.9 Å². The average Bonchev–Trinajstić information content (AvgIpc) is 2.88. The van der Waals surface area contributed by atoms with Gasteiger partial charge in [-0.3, -0.25) is 19.2 Å². The van der Waals surface area contributed by atoms with Crippen LogP contribution in [-0.4, -0.2) is 67.7 Å². The van der Waals surface area contributed by atoms with Crippen LogP contribution in [0.5, 0.6) is 11.5 Å². The zero-order valence-corrected chi connectivity index (χ0v) is 22.2. The van der Waals surface area contributed by atoms with E-state index in [-0.39, 0.29) is 22.7 Å². The molecular formula is C26H26N2O12. The van der Waals surface area contributed by atoms with Gasteiger partial charge in [0.2, 0.25) is 17.5 Å². The maximum absolute atomic E-state index is 13.3. The van der Waals surface area contributed by atoms with Crippen molar-refractivity contribution < 1.29 is 52.1 Å². The van der Waals surface area contributed by atoms with E-state index in [1.807, 2.05) is 0 Å². The van der Waals surface area contributed by atoms with Crippen molar-refractivity contribution in [1.82, 2.24) is 0 Å². The predicted molar refractivity (Wildman–Crippen MR) is 136 cm³/mol. The molecule has 2 aromatic rings. The number of amides is 1. The van der Waals surface area contributed by atoms with Crippen LogP contribution in [0.2, 0.25) is 0 Å². The number of oxime groups is 1. The summed E-state index contributed by atoms with van der Waals surface area (Å²) in [6.07, 6.45) is -1.22. The number of nitrogens with zero attached hydrogens (tertiary/aromatic N) is 1. The van der Waals surface area contributed by atoms with E-state index in [0.29, 0.717) is 11.1 Å². The lowest BCUT2D eigenvalue weighted by molar-refractivity contribution is -0.226. The molecule has 2 aliphatic rings. The molecule has 40 heavy (non-hydrogen) atoms.